The minimum absolute atomic E-state index is 0.00178. The molecule has 1 aliphatic heterocycles. The zero-order chi connectivity index (χ0) is 23.3. The zero-order valence-electron chi connectivity index (χ0n) is 18.0. The molecule has 1 unspecified atom stereocenters. The van der Waals surface area contributed by atoms with Crippen molar-refractivity contribution in [3.63, 3.8) is 0 Å². The van der Waals surface area contributed by atoms with E-state index in [2.05, 4.69) is 0 Å². The molecule has 0 saturated heterocycles. The minimum atomic E-state index is -0.942. The van der Waals surface area contributed by atoms with Crippen LogP contribution in [0.3, 0.4) is 0 Å². The van der Waals surface area contributed by atoms with Gasteiger partial charge < -0.3 is 13.9 Å². The molecule has 0 bridgehead atoms. The van der Waals surface area contributed by atoms with E-state index in [1.807, 2.05) is 19.1 Å². The van der Waals surface area contributed by atoms with Crippen molar-refractivity contribution in [2.75, 3.05) is 4.90 Å². The van der Waals surface area contributed by atoms with Gasteiger partial charge in [0.25, 0.3) is 5.91 Å². The summed E-state index contributed by atoms with van der Waals surface area (Å²) in [5.74, 6) is -0.918. The van der Waals surface area contributed by atoms with E-state index in [-0.39, 0.29) is 11.3 Å². The van der Waals surface area contributed by atoms with Crippen LogP contribution in [0.4, 0.5) is 5.69 Å². The number of anilines is 1. The molecule has 2 aromatic carbocycles. The third-order valence-corrected chi connectivity index (χ3v) is 6.04. The summed E-state index contributed by atoms with van der Waals surface area (Å²) in [6.45, 7) is 3.81. The van der Waals surface area contributed by atoms with Crippen LogP contribution in [0.15, 0.2) is 80.8 Å². The molecule has 2 aromatic heterocycles. The second-order valence-electron chi connectivity index (χ2n) is 7.93. The second-order valence-corrected chi connectivity index (χ2v) is 8.37. The van der Waals surface area contributed by atoms with Crippen LogP contribution in [-0.2, 0) is 11.2 Å². The normalized spacial score (nSPS) is 16.3. The number of furan rings is 2. The summed E-state index contributed by atoms with van der Waals surface area (Å²) in [6.07, 6.45) is 0.846. The molecular weight excluding hydrogens is 442 g/mol. The molecule has 0 radical (unpaired) electrons. The van der Waals surface area contributed by atoms with Crippen molar-refractivity contribution in [1.29, 1.82) is 0 Å². The van der Waals surface area contributed by atoms with Gasteiger partial charge in [-0.3, -0.25) is 14.5 Å². The maximum atomic E-state index is 13.6. The fourth-order valence-electron chi connectivity index (χ4n) is 4.12. The molecule has 1 amide bonds. The molecule has 6 nitrogen and oxygen atoms in total. The SMILES string of the molecule is CCc1ccc(N2C(=O)C(O)=C(C(=O)c3cc4cc(Cl)ccc4o3)C2c2ccc(C)o2)cc1. The highest BCUT2D eigenvalue weighted by Crippen LogP contribution is 2.43. The molecule has 33 heavy (non-hydrogen) atoms. The first-order chi connectivity index (χ1) is 15.9. The molecule has 4 aromatic rings. The first-order valence-corrected chi connectivity index (χ1v) is 10.9. The van der Waals surface area contributed by atoms with Crippen LogP contribution >= 0.6 is 11.6 Å². The van der Waals surface area contributed by atoms with E-state index in [0.29, 0.717) is 33.2 Å². The van der Waals surface area contributed by atoms with Crippen LogP contribution in [0.25, 0.3) is 11.0 Å². The lowest BCUT2D eigenvalue weighted by Gasteiger charge is -2.25. The number of fused-ring (bicyclic) bond motifs is 1. The van der Waals surface area contributed by atoms with E-state index in [9.17, 15) is 14.7 Å². The Balaban J connectivity index is 1.63. The number of benzene rings is 2. The number of aliphatic hydroxyl groups excluding tert-OH is 1. The number of carbonyl (C=O) groups is 2. The smallest absolute Gasteiger partial charge is 0.294 e. The van der Waals surface area contributed by atoms with Gasteiger partial charge in [0.05, 0.1) is 5.57 Å². The maximum Gasteiger partial charge on any atom is 0.294 e. The molecule has 0 fully saturated rings. The highest BCUT2D eigenvalue weighted by molar-refractivity contribution is 6.31. The number of rotatable bonds is 5. The van der Waals surface area contributed by atoms with Gasteiger partial charge in [-0.15, -0.1) is 0 Å². The predicted octanol–water partition coefficient (Wildman–Crippen LogP) is 6.33. The van der Waals surface area contributed by atoms with E-state index < -0.39 is 23.5 Å². The summed E-state index contributed by atoms with van der Waals surface area (Å²) in [4.78, 5) is 28.1. The van der Waals surface area contributed by atoms with E-state index in [4.69, 9.17) is 20.4 Å². The Morgan fingerprint density at radius 2 is 1.82 bits per heavy atom. The van der Waals surface area contributed by atoms with Crippen molar-refractivity contribution < 1.29 is 23.5 Å². The van der Waals surface area contributed by atoms with Crippen LogP contribution in [0, 0.1) is 6.92 Å². The van der Waals surface area contributed by atoms with Crippen molar-refractivity contribution in [3.05, 3.63) is 99.9 Å². The van der Waals surface area contributed by atoms with Gasteiger partial charge >= 0.3 is 0 Å². The number of aliphatic hydroxyl groups is 1. The molecular formula is C26H20ClNO5. The highest BCUT2D eigenvalue weighted by atomic mass is 35.5. The Bertz CT molecular complexity index is 1430. The molecule has 0 spiro atoms. The van der Waals surface area contributed by atoms with Crippen LogP contribution in [0.1, 0.15) is 40.6 Å². The average Bonchev–Trinajstić information content (AvgIpc) is 3.49. The molecule has 5 rings (SSSR count). The summed E-state index contributed by atoms with van der Waals surface area (Å²) in [5.41, 5.74) is 2.02. The number of carbonyl (C=O) groups excluding carboxylic acids is 2. The number of amides is 1. The van der Waals surface area contributed by atoms with Crippen molar-refractivity contribution in [1.82, 2.24) is 0 Å². The van der Waals surface area contributed by atoms with E-state index in [0.717, 1.165) is 12.0 Å². The average molecular weight is 462 g/mol. The Morgan fingerprint density at radius 1 is 1.06 bits per heavy atom. The Morgan fingerprint density at radius 3 is 2.48 bits per heavy atom. The number of aryl methyl sites for hydroxylation is 2. The number of hydrogen-bond donors (Lipinski definition) is 1. The molecule has 3 heterocycles. The summed E-state index contributed by atoms with van der Waals surface area (Å²) >= 11 is 6.05. The van der Waals surface area contributed by atoms with Crippen molar-refractivity contribution in [3.8, 4) is 0 Å². The third-order valence-electron chi connectivity index (χ3n) is 5.81. The molecule has 7 heteroatoms. The van der Waals surface area contributed by atoms with Crippen LogP contribution in [0.5, 0.6) is 0 Å². The standard InChI is InChI=1S/C26H20ClNO5/c1-3-15-5-8-18(9-6-15)28-23(20-10-4-14(2)32-20)22(25(30)26(28)31)24(29)21-13-16-12-17(27)7-11-19(16)33-21/h4-13,23,30H,3H2,1-2H3. The lowest BCUT2D eigenvalue weighted by molar-refractivity contribution is -0.117. The van der Waals surface area contributed by atoms with Gasteiger partial charge in [-0.1, -0.05) is 30.7 Å². The van der Waals surface area contributed by atoms with Crippen LogP contribution in [0.2, 0.25) is 5.02 Å². The monoisotopic (exact) mass is 461 g/mol. The van der Waals surface area contributed by atoms with Crippen molar-refractivity contribution in [2.45, 2.75) is 26.3 Å². The van der Waals surface area contributed by atoms with E-state index in [1.165, 1.54) is 4.90 Å². The first kappa shape index (κ1) is 21.1. The van der Waals surface area contributed by atoms with Crippen molar-refractivity contribution >= 4 is 39.9 Å². The molecule has 0 saturated carbocycles. The number of Topliss-reactive ketones (excluding diaryl/α,β-unsaturated/α-hetero) is 1. The summed E-state index contributed by atoms with van der Waals surface area (Å²) in [7, 11) is 0. The van der Waals surface area contributed by atoms with Gasteiger partial charge in [0.2, 0.25) is 5.78 Å². The van der Waals surface area contributed by atoms with Gasteiger partial charge in [-0.2, -0.15) is 0 Å². The van der Waals surface area contributed by atoms with Gasteiger partial charge in [-0.05, 0) is 67.4 Å². The van der Waals surface area contributed by atoms with E-state index >= 15 is 0 Å². The lowest BCUT2D eigenvalue weighted by atomic mass is 9.99. The summed E-state index contributed by atoms with van der Waals surface area (Å²) < 4.78 is 11.5. The number of nitrogens with zero attached hydrogens (tertiary/aromatic N) is 1. The van der Waals surface area contributed by atoms with Crippen LogP contribution in [-0.4, -0.2) is 16.8 Å². The Kier molecular flexibility index (Phi) is 5.10. The zero-order valence-corrected chi connectivity index (χ0v) is 18.7. The topological polar surface area (TPSA) is 83.9 Å². The van der Waals surface area contributed by atoms with Gasteiger partial charge in [0.15, 0.2) is 11.5 Å². The minimum Gasteiger partial charge on any atom is -0.503 e. The maximum absolute atomic E-state index is 13.6. The Hall–Kier alpha value is -3.77. The van der Waals surface area contributed by atoms with Gasteiger partial charge in [-0.25, -0.2) is 0 Å². The third kappa shape index (κ3) is 3.52. The summed E-state index contributed by atoms with van der Waals surface area (Å²) in [6, 6.07) is 16.5. The second kappa shape index (κ2) is 7.98. The number of ketones is 1. The van der Waals surface area contributed by atoms with E-state index in [1.54, 1.807) is 55.5 Å². The Labute approximate surface area is 194 Å². The first-order valence-electron chi connectivity index (χ1n) is 10.5. The van der Waals surface area contributed by atoms with Crippen molar-refractivity contribution in [2.24, 2.45) is 0 Å². The molecule has 1 aliphatic rings. The fourth-order valence-corrected chi connectivity index (χ4v) is 4.30. The number of hydrogen-bond acceptors (Lipinski definition) is 5. The number of halogens is 1. The van der Waals surface area contributed by atoms with Gasteiger partial charge in [0, 0.05) is 16.1 Å². The van der Waals surface area contributed by atoms with Crippen LogP contribution < -0.4 is 4.90 Å². The summed E-state index contributed by atoms with van der Waals surface area (Å²) in [5, 5.41) is 12.0. The molecule has 0 aliphatic carbocycles. The quantitative estimate of drug-likeness (QED) is 0.351. The largest absolute Gasteiger partial charge is 0.503 e. The fraction of sp³-hybridized carbons (Fsp3) is 0.154. The van der Waals surface area contributed by atoms with Gasteiger partial charge in [0.1, 0.15) is 23.1 Å². The lowest BCUT2D eigenvalue weighted by Crippen LogP contribution is -2.30. The molecule has 166 valence electrons. The molecule has 1 N–H and O–H groups in total. The predicted molar refractivity (Wildman–Crippen MR) is 125 cm³/mol. The highest BCUT2D eigenvalue weighted by Gasteiger charge is 2.46. The molecule has 1 atom stereocenters.